The van der Waals surface area contributed by atoms with Crippen molar-refractivity contribution in [3.05, 3.63) is 88.5 Å². The van der Waals surface area contributed by atoms with E-state index in [-0.39, 0.29) is 18.8 Å². The molecule has 0 amide bonds. The largest absolute Gasteiger partial charge is 0.493 e. The molecule has 4 rings (SSSR count). The molecule has 0 unspecified atom stereocenters. The van der Waals surface area contributed by atoms with Crippen molar-refractivity contribution >= 4 is 39.3 Å². The molecular weight excluding hydrogens is 556 g/mol. The number of rotatable bonds is 7. The van der Waals surface area contributed by atoms with Gasteiger partial charge in [-0.3, -0.25) is 9.36 Å². The number of benzene rings is 2. The van der Waals surface area contributed by atoms with Gasteiger partial charge in [0, 0.05) is 10.0 Å². The highest BCUT2D eigenvalue weighted by atomic mass is 79.9. The van der Waals surface area contributed by atoms with Gasteiger partial charge in [-0.1, -0.05) is 63.0 Å². The smallest absolute Gasteiger partial charge is 0.338 e. The molecule has 7 nitrogen and oxygen atoms in total. The zero-order valence-corrected chi connectivity index (χ0v) is 23.2. The fourth-order valence-corrected chi connectivity index (χ4v) is 5.60. The van der Waals surface area contributed by atoms with Crippen molar-refractivity contribution in [3.63, 3.8) is 0 Å². The van der Waals surface area contributed by atoms with Crippen molar-refractivity contribution in [2.45, 2.75) is 26.8 Å². The normalized spacial score (nSPS) is 15.0. The van der Waals surface area contributed by atoms with Crippen molar-refractivity contribution in [3.8, 4) is 23.8 Å². The van der Waals surface area contributed by atoms with Crippen LogP contribution < -0.4 is 24.4 Å². The van der Waals surface area contributed by atoms with Gasteiger partial charge in [-0.15, -0.1) is 6.42 Å². The third kappa shape index (κ3) is 5.26. The SMILES string of the molecule is C#CCOc1c(/C=c2\sc3n(c2=O)[C@@H](c2ccc(C)cc2)C(C(=O)OCC)=C(C)N=3)cc(Br)cc1OC. The molecule has 9 heteroatoms. The molecule has 2 heterocycles. The summed E-state index contributed by atoms with van der Waals surface area (Å²) >= 11 is 4.72. The van der Waals surface area contributed by atoms with Gasteiger partial charge in [0.15, 0.2) is 16.3 Å². The van der Waals surface area contributed by atoms with Crippen LogP contribution in [0.3, 0.4) is 0 Å². The van der Waals surface area contributed by atoms with Crippen molar-refractivity contribution in [2.24, 2.45) is 4.99 Å². The highest BCUT2D eigenvalue weighted by molar-refractivity contribution is 9.10. The number of carbonyl (C=O) groups excluding carboxylic acids is 1. The van der Waals surface area contributed by atoms with Gasteiger partial charge in [0.05, 0.1) is 35.6 Å². The number of aromatic nitrogens is 1. The topological polar surface area (TPSA) is 79.1 Å². The van der Waals surface area contributed by atoms with Crippen molar-refractivity contribution in [1.82, 2.24) is 4.57 Å². The van der Waals surface area contributed by atoms with Crippen molar-refractivity contribution in [2.75, 3.05) is 20.3 Å². The van der Waals surface area contributed by atoms with E-state index in [1.54, 1.807) is 30.6 Å². The van der Waals surface area contributed by atoms with Crippen molar-refractivity contribution < 1.29 is 19.0 Å². The first-order valence-electron chi connectivity index (χ1n) is 11.5. The molecule has 2 aromatic carbocycles. The standard InChI is InChI=1S/C28H25BrN2O5S/c1-6-12-36-25-19(13-20(29)15-21(25)34-5)14-22-26(32)31-24(18-10-8-16(3)9-11-18)23(27(33)35-7-2)17(4)30-28(31)37-22/h1,8-11,13-15,24H,7,12H2,2-5H3/b22-14-/t24-/m0/s1. The molecule has 1 aliphatic heterocycles. The van der Waals surface area contributed by atoms with Gasteiger partial charge < -0.3 is 14.2 Å². The molecule has 1 aromatic heterocycles. The lowest BCUT2D eigenvalue weighted by molar-refractivity contribution is -0.139. The summed E-state index contributed by atoms with van der Waals surface area (Å²) < 4.78 is 19.3. The number of aryl methyl sites for hydroxylation is 1. The minimum Gasteiger partial charge on any atom is -0.493 e. The predicted octanol–water partition coefficient (Wildman–Crippen LogP) is 3.89. The summed E-state index contributed by atoms with van der Waals surface area (Å²) in [6.45, 7) is 5.74. The number of esters is 1. The Morgan fingerprint density at radius 2 is 2.00 bits per heavy atom. The molecule has 37 heavy (non-hydrogen) atoms. The molecule has 0 radical (unpaired) electrons. The van der Waals surface area contributed by atoms with Crippen LogP contribution >= 0.6 is 27.3 Å². The predicted molar refractivity (Wildman–Crippen MR) is 147 cm³/mol. The monoisotopic (exact) mass is 580 g/mol. The summed E-state index contributed by atoms with van der Waals surface area (Å²) in [5.74, 6) is 2.85. The van der Waals surface area contributed by atoms with Crippen LogP contribution in [0, 0.1) is 19.3 Å². The van der Waals surface area contributed by atoms with Crippen LogP contribution in [-0.2, 0) is 9.53 Å². The highest BCUT2D eigenvalue weighted by Crippen LogP contribution is 2.35. The lowest BCUT2D eigenvalue weighted by Crippen LogP contribution is -2.39. The molecule has 0 fully saturated rings. The maximum absolute atomic E-state index is 13.9. The van der Waals surface area contributed by atoms with E-state index in [9.17, 15) is 9.59 Å². The van der Waals surface area contributed by atoms with Gasteiger partial charge in [-0.25, -0.2) is 9.79 Å². The summed E-state index contributed by atoms with van der Waals surface area (Å²) in [4.78, 5) is 32.0. The summed E-state index contributed by atoms with van der Waals surface area (Å²) in [7, 11) is 1.53. The maximum atomic E-state index is 13.9. The number of ether oxygens (including phenoxy) is 3. The first-order valence-corrected chi connectivity index (χ1v) is 13.1. The second-order valence-electron chi connectivity index (χ2n) is 8.23. The van der Waals surface area contributed by atoms with Crippen LogP contribution in [0.5, 0.6) is 11.5 Å². The number of terminal acetylenes is 1. The molecule has 1 aliphatic rings. The molecule has 0 aliphatic carbocycles. The van der Waals surface area contributed by atoms with Gasteiger partial charge >= 0.3 is 5.97 Å². The van der Waals surface area contributed by atoms with Gasteiger partial charge in [0.25, 0.3) is 5.56 Å². The lowest BCUT2D eigenvalue weighted by atomic mass is 9.95. The molecule has 0 N–H and O–H groups in total. The zero-order chi connectivity index (χ0) is 26.7. The Kier molecular flexibility index (Phi) is 8.00. The minimum absolute atomic E-state index is 0.0373. The van der Waals surface area contributed by atoms with E-state index in [1.165, 1.54) is 18.4 Å². The molecule has 190 valence electrons. The number of methoxy groups -OCH3 is 1. The van der Waals surface area contributed by atoms with Crippen LogP contribution in [0.2, 0.25) is 0 Å². The lowest BCUT2D eigenvalue weighted by Gasteiger charge is -2.24. The third-order valence-corrected chi connectivity index (χ3v) is 7.21. The second-order valence-corrected chi connectivity index (χ2v) is 10.2. The second kappa shape index (κ2) is 11.2. The number of thiazole rings is 1. The molecule has 0 spiro atoms. The van der Waals surface area contributed by atoms with E-state index in [0.29, 0.717) is 37.7 Å². The number of nitrogens with zero attached hydrogens (tertiary/aromatic N) is 2. The molecule has 0 saturated carbocycles. The summed E-state index contributed by atoms with van der Waals surface area (Å²) in [5.41, 5.74) is 3.03. The quantitative estimate of drug-likeness (QED) is 0.313. The van der Waals surface area contributed by atoms with E-state index in [1.807, 2.05) is 37.3 Å². The van der Waals surface area contributed by atoms with Crippen molar-refractivity contribution in [1.29, 1.82) is 0 Å². The molecular formula is C28H25BrN2O5S. The fourth-order valence-electron chi connectivity index (χ4n) is 4.11. The number of carbonyl (C=O) groups is 1. The molecule has 0 bridgehead atoms. The van der Waals surface area contributed by atoms with Crippen LogP contribution in [0.25, 0.3) is 6.08 Å². The summed E-state index contributed by atoms with van der Waals surface area (Å²) in [6.07, 6.45) is 7.12. The zero-order valence-electron chi connectivity index (χ0n) is 20.8. The van der Waals surface area contributed by atoms with Gasteiger partial charge in [0.2, 0.25) is 0 Å². The van der Waals surface area contributed by atoms with Crippen LogP contribution in [-0.4, -0.2) is 30.9 Å². The van der Waals surface area contributed by atoms with Crippen LogP contribution in [0.4, 0.5) is 0 Å². The average Bonchev–Trinajstić information content (AvgIpc) is 3.17. The van der Waals surface area contributed by atoms with E-state index < -0.39 is 12.0 Å². The third-order valence-electron chi connectivity index (χ3n) is 5.76. The van der Waals surface area contributed by atoms with E-state index in [2.05, 4.69) is 26.8 Å². The van der Waals surface area contributed by atoms with Crippen LogP contribution in [0.15, 0.2) is 61.9 Å². The Balaban J connectivity index is 1.97. The number of hydrogen-bond acceptors (Lipinski definition) is 7. The maximum Gasteiger partial charge on any atom is 0.338 e. The van der Waals surface area contributed by atoms with Gasteiger partial charge in [-0.05, 0) is 44.5 Å². The number of halogens is 1. The summed E-state index contributed by atoms with van der Waals surface area (Å²) in [6, 6.07) is 10.6. The first-order chi connectivity index (χ1) is 17.8. The van der Waals surface area contributed by atoms with Crippen LogP contribution in [0.1, 0.15) is 36.6 Å². The minimum atomic E-state index is -0.674. The Morgan fingerprint density at radius 3 is 2.65 bits per heavy atom. The Hall–Kier alpha value is -3.61. The van der Waals surface area contributed by atoms with E-state index in [4.69, 9.17) is 20.6 Å². The Bertz CT molecular complexity index is 1610. The number of allylic oxidation sites excluding steroid dienone is 1. The van der Waals surface area contributed by atoms with E-state index in [0.717, 1.165) is 15.6 Å². The van der Waals surface area contributed by atoms with Gasteiger partial charge in [-0.2, -0.15) is 0 Å². The Labute approximate surface area is 226 Å². The summed E-state index contributed by atoms with van der Waals surface area (Å²) in [5, 5.41) is 0. The van der Waals surface area contributed by atoms with Gasteiger partial charge in [0.1, 0.15) is 6.61 Å². The fraction of sp³-hybridized carbons (Fsp3) is 0.250. The average molecular weight is 581 g/mol. The first kappa shape index (κ1) is 26.5. The molecule has 0 saturated heterocycles. The number of fused-ring (bicyclic) bond motifs is 1. The highest BCUT2D eigenvalue weighted by Gasteiger charge is 2.33. The van der Waals surface area contributed by atoms with E-state index >= 15 is 0 Å². The molecule has 3 aromatic rings. The number of hydrogen-bond donors (Lipinski definition) is 0. The Morgan fingerprint density at radius 1 is 1.27 bits per heavy atom. The molecule has 1 atom stereocenters.